The zero-order valence-corrected chi connectivity index (χ0v) is 16.1. The minimum atomic E-state index is -0.199. The lowest BCUT2D eigenvalue weighted by molar-refractivity contribution is -0.120. The highest BCUT2D eigenvalue weighted by molar-refractivity contribution is 6.30. The van der Waals surface area contributed by atoms with E-state index in [9.17, 15) is 9.18 Å². The molecule has 0 unspecified atom stereocenters. The number of hydrogen-bond acceptors (Lipinski definition) is 3. The molecule has 0 aromatic heterocycles. The van der Waals surface area contributed by atoms with Crippen LogP contribution in [0.15, 0.2) is 48.5 Å². The Morgan fingerprint density at radius 3 is 2.33 bits per heavy atom. The molecule has 0 bridgehead atoms. The topological polar surface area (TPSA) is 35.6 Å². The summed E-state index contributed by atoms with van der Waals surface area (Å²) in [5.74, 6) is -0.158. The average molecular weight is 390 g/mol. The van der Waals surface area contributed by atoms with Gasteiger partial charge in [0.25, 0.3) is 0 Å². The van der Waals surface area contributed by atoms with E-state index in [1.54, 1.807) is 12.1 Å². The van der Waals surface area contributed by atoms with E-state index >= 15 is 0 Å². The molecule has 1 heterocycles. The molecular weight excluding hydrogens is 365 g/mol. The number of anilines is 1. The van der Waals surface area contributed by atoms with Crippen LogP contribution in [-0.2, 0) is 11.2 Å². The van der Waals surface area contributed by atoms with Gasteiger partial charge in [0.2, 0.25) is 5.91 Å². The highest BCUT2D eigenvalue weighted by Gasteiger charge is 2.16. The maximum atomic E-state index is 13.0. The Balaban J connectivity index is 1.30. The molecule has 27 heavy (non-hydrogen) atoms. The highest BCUT2D eigenvalue weighted by atomic mass is 35.5. The molecule has 0 atom stereocenters. The molecule has 1 aliphatic rings. The van der Waals surface area contributed by atoms with E-state index in [0.29, 0.717) is 18.0 Å². The predicted octanol–water partition coefficient (Wildman–Crippen LogP) is 3.35. The summed E-state index contributed by atoms with van der Waals surface area (Å²) in [5, 5.41) is 3.66. The zero-order chi connectivity index (χ0) is 19.1. The van der Waals surface area contributed by atoms with Crippen LogP contribution in [-0.4, -0.2) is 50.1 Å². The van der Waals surface area contributed by atoms with Crippen molar-refractivity contribution in [1.29, 1.82) is 0 Å². The summed E-state index contributed by atoms with van der Waals surface area (Å²) in [6.45, 7) is 5.50. The second-order valence-corrected chi connectivity index (χ2v) is 7.25. The predicted molar refractivity (Wildman–Crippen MR) is 108 cm³/mol. The van der Waals surface area contributed by atoms with Crippen molar-refractivity contribution >= 4 is 23.2 Å². The molecule has 2 aromatic rings. The summed E-state index contributed by atoms with van der Waals surface area (Å²) in [4.78, 5) is 16.7. The summed E-state index contributed by atoms with van der Waals surface area (Å²) in [7, 11) is 0. The van der Waals surface area contributed by atoms with Gasteiger partial charge in [-0.2, -0.15) is 0 Å². The van der Waals surface area contributed by atoms with Gasteiger partial charge in [-0.1, -0.05) is 23.7 Å². The number of carbonyl (C=O) groups excluding carboxylic acids is 1. The van der Waals surface area contributed by atoms with E-state index in [-0.39, 0.29) is 11.7 Å². The van der Waals surface area contributed by atoms with E-state index in [4.69, 9.17) is 11.6 Å². The molecule has 1 fully saturated rings. The lowest BCUT2D eigenvalue weighted by Gasteiger charge is -2.36. The molecule has 0 radical (unpaired) electrons. The van der Waals surface area contributed by atoms with Crippen molar-refractivity contribution in [2.24, 2.45) is 0 Å². The average Bonchev–Trinajstić information content (AvgIpc) is 2.68. The molecule has 0 aliphatic carbocycles. The summed E-state index contributed by atoms with van der Waals surface area (Å²) in [5.41, 5.74) is 2.04. The van der Waals surface area contributed by atoms with E-state index in [0.717, 1.165) is 50.4 Å². The smallest absolute Gasteiger partial charge is 0.224 e. The molecule has 4 nitrogen and oxygen atoms in total. The fraction of sp³-hybridized carbons (Fsp3) is 0.381. The Kier molecular flexibility index (Phi) is 7.07. The van der Waals surface area contributed by atoms with Gasteiger partial charge in [-0.15, -0.1) is 0 Å². The second kappa shape index (κ2) is 9.72. The lowest BCUT2D eigenvalue weighted by atomic mass is 10.1. The summed E-state index contributed by atoms with van der Waals surface area (Å²) < 4.78 is 13.0. The maximum absolute atomic E-state index is 13.0. The second-order valence-electron chi connectivity index (χ2n) is 6.81. The first-order valence-corrected chi connectivity index (χ1v) is 9.72. The van der Waals surface area contributed by atoms with Crippen LogP contribution in [0.4, 0.5) is 10.1 Å². The van der Waals surface area contributed by atoms with Gasteiger partial charge in [-0.3, -0.25) is 9.69 Å². The van der Waals surface area contributed by atoms with Gasteiger partial charge in [0.1, 0.15) is 5.82 Å². The third kappa shape index (κ3) is 6.22. The van der Waals surface area contributed by atoms with Gasteiger partial charge in [0, 0.05) is 43.4 Å². The standard InChI is InChI=1S/C21H25ClFN3O/c22-18-4-2-17(3-5-18)16-21(27)24-10-1-11-25-12-14-26(15-13-25)20-8-6-19(23)7-9-20/h2-9H,1,10-16H2,(H,24,27). The normalized spacial score (nSPS) is 15.0. The zero-order valence-electron chi connectivity index (χ0n) is 15.3. The summed E-state index contributed by atoms with van der Waals surface area (Å²) in [6.07, 6.45) is 1.32. The van der Waals surface area contributed by atoms with Gasteiger partial charge >= 0.3 is 0 Å². The Morgan fingerprint density at radius 1 is 1.00 bits per heavy atom. The number of benzene rings is 2. The SMILES string of the molecule is O=C(Cc1ccc(Cl)cc1)NCCCN1CCN(c2ccc(F)cc2)CC1. The van der Waals surface area contributed by atoms with Crippen LogP contribution in [0, 0.1) is 5.82 Å². The van der Waals surface area contributed by atoms with Crippen molar-refractivity contribution in [3.05, 3.63) is 64.9 Å². The quantitative estimate of drug-likeness (QED) is 0.738. The van der Waals surface area contributed by atoms with Crippen LogP contribution >= 0.6 is 11.6 Å². The van der Waals surface area contributed by atoms with Crippen molar-refractivity contribution in [3.8, 4) is 0 Å². The van der Waals surface area contributed by atoms with Crippen LogP contribution in [0.5, 0.6) is 0 Å². The van der Waals surface area contributed by atoms with E-state index in [2.05, 4.69) is 15.1 Å². The summed E-state index contributed by atoms with van der Waals surface area (Å²) in [6, 6.07) is 14.0. The van der Waals surface area contributed by atoms with Crippen molar-refractivity contribution in [1.82, 2.24) is 10.2 Å². The molecular formula is C21H25ClFN3O. The molecule has 1 amide bonds. The van der Waals surface area contributed by atoms with Crippen LogP contribution in [0.25, 0.3) is 0 Å². The third-order valence-corrected chi connectivity index (χ3v) is 5.07. The number of hydrogen-bond donors (Lipinski definition) is 1. The van der Waals surface area contributed by atoms with Gasteiger partial charge in [0.05, 0.1) is 6.42 Å². The first-order valence-electron chi connectivity index (χ1n) is 9.34. The Hall–Kier alpha value is -2.11. The third-order valence-electron chi connectivity index (χ3n) is 4.82. The van der Waals surface area contributed by atoms with Crippen LogP contribution in [0.1, 0.15) is 12.0 Å². The molecule has 0 spiro atoms. The number of halogens is 2. The fourth-order valence-corrected chi connectivity index (χ4v) is 3.39. The minimum absolute atomic E-state index is 0.0402. The molecule has 2 aromatic carbocycles. The molecule has 144 valence electrons. The van der Waals surface area contributed by atoms with Crippen molar-refractivity contribution in [2.75, 3.05) is 44.2 Å². The first-order chi connectivity index (χ1) is 13.1. The first kappa shape index (κ1) is 19.6. The number of nitrogens with one attached hydrogen (secondary N) is 1. The van der Waals surface area contributed by atoms with Gasteiger partial charge in [-0.05, 0) is 54.9 Å². The number of amides is 1. The monoisotopic (exact) mass is 389 g/mol. The summed E-state index contributed by atoms with van der Waals surface area (Å²) >= 11 is 5.85. The number of carbonyl (C=O) groups is 1. The largest absolute Gasteiger partial charge is 0.369 e. The Morgan fingerprint density at radius 2 is 1.67 bits per heavy atom. The Labute approximate surface area is 164 Å². The van der Waals surface area contributed by atoms with Crippen LogP contribution < -0.4 is 10.2 Å². The van der Waals surface area contributed by atoms with E-state index in [1.807, 2.05) is 24.3 Å². The van der Waals surface area contributed by atoms with E-state index in [1.165, 1.54) is 12.1 Å². The molecule has 1 saturated heterocycles. The van der Waals surface area contributed by atoms with Crippen LogP contribution in [0.2, 0.25) is 5.02 Å². The molecule has 1 N–H and O–H groups in total. The molecule has 3 rings (SSSR count). The maximum Gasteiger partial charge on any atom is 0.224 e. The lowest BCUT2D eigenvalue weighted by Crippen LogP contribution is -2.47. The Bertz CT molecular complexity index is 728. The van der Waals surface area contributed by atoms with Crippen molar-refractivity contribution in [2.45, 2.75) is 12.8 Å². The van der Waals surface area contributed by atoms with E-state index < -0.39 is 0 Å². The van der Waals surface area contributed by atoms with Gasteiger partial charge in [0.15, 0.2) is 0 Å². The highest BCUT2D eigenvalue weighted by Crippen LogP contribution is 2.17. The van der Waals surface area contributed by atoms with Crippen LogP contribution in [0.3, 0.4) is 0 Å². The number of nitrogens with zero attached hydrogens (tertiary/aromatic N) is 2. The van der Waals surface area contributed by atoms with Crippen molar-refractivity contribution < 1.29 is 9.18 Å². The van der Waals surface area contributed by atoms with Gasteiger partial charge in [-0.25, -0.2) is 4.39 Å². The minimum Gasteiger partial charge on any atom is -0.369 e. The molecule has 6 heteroatoms. The van der Waals surface area contributed by atoms with Crippen molar-refractivity contribution in [3.63, 3.8) is 0 Å². The molecule has 0 saturated carbocycles. The fourth-order valence-electron chi connectivity index (χ4n) is 3.26. The number of piperazine rings is 1. The molecule has 1 aliphatic heterocycles. The van der Waals surface area contributed by atoms with Gasteiger partial charge < -0.3 is 10.2 Å². The number of rotatable bonds is 7.